The summed E-state index contributed by atoms with van der Waals surface area (Å²) >= 11 is 0. The Morgan fingerprint density at radius 2 is 2.43 bits per heavy atom. The van der Waals surface area contributed by atoms with Gasteiger partial charge in [-0.15, -0.1) is 0 Å². The molecule has 2 heterocycles. The lowest BCUT2D eigenvalue weighted by Crippen LogP contribution is -2.51. The zero-order valence-corrected chi connectivity index (χ0v) is 12.1. The van der Waals surface area contributed by atoms with E-state index < -0.39 is 18.0 Å². The van der Waals surface area contributed by atoms with Gasteiger partial charge in [0.25, 0.3) is 0 Å². The largest absolute Gasteiger partial charge is 0.480 e. The molecule has 0 radical (unpaired) electrons. The van der Waals surface area contributed by atoms with Gasteiger partial charge in [-0.05, 0) is 13.3 Å². The molecule has 1 aliphatic heterocycles. The van der Waals surface area contributed by atoms with Crippen LogP contribution in [0, 0.1) is 0 Å². The Morgan fingerprint density at radius 1 is 1.67 bits per heavy atom. The van der Waals surface area contributed by atoms with Crippen LogP contribution in [0.5, 0.6) is 0 Å². The molecule has 0 spiro atoms. The van der Waals surface area contributed by atoms with Crippen molar-refractivity contribution in [3.8, 4) is 0 Å². The Balaban J connectivity index is 1.96. The first-order chi connectivity index (χ1) is 9.99. The zero-order chi connectivity index (χ0) is 15.4. The average Bonchev–Trinajstić information content (AvgIpc) is 3.08. The van der Waals surface area contributed by atoms with Gasteiger partial charge in [0.05, 0.1) is 18.5 Å². The van der Waals surface area contributed by atoms with Crippen LogP contribution in [0.2, 0.25) is 0 Å². The molecule has 0 aromatic carbocycles. The van der Waals surface area contributed by atoms with Crippen LogP contribution >= 0.6 is 0 Å². The van der Waals surface area contributed by atoms with Crippen LogP contribution in [-0.2, 0) is 16.0 Å². The molecule has 1 fully saturated rings. The van der Waals surface area contributed by atoms with Gasteiger partial charge in [-0.2, -0.15) is 0 Å². The second kappa shape index (κ2) is 6.57. The van der Waals surface area contributed by atoms with Gasteiger partial charge in [0.1, 0.15) is 6.04 Å². The highest BCUT2D eigenvalue weighted by molar-refractivity contribution is 5.82. The fourth-order valence-corrected chi connectivity index (χ4v) is 2.45. The molecule has 21 heavy (non-hydrogen) atoms. The second-order valence-corrected chi connectivity index (χ2v) is 5.16. The molecule has 2 rings (SSSR count). The lowest BCUT2D eigenvalue weighted by atomic mass is 10.1. The van der Waals surface area contributed by atoms with E-state index in [4.69, 9.17) is 4.74 Å². The number of carbonyl (C=O) groups excluding carboxylic acids is 1. The first-order valence-corrected chi connectivity index (χ1v) is 6.84. The minimum Gasteiger partial charge on any atom is -0.480 e. The molecule has 1 aromatic heterocycles. The number of carboxylic acids is 1. The molecular weight excluding hydrogens is 276 g/mol. The van der Waals surface area contributed by atoms with Crippen LogP contribution in [0.15, 0.2) is 12.5 Å². The van der Waals surface area contributed by atoms with Crippen LogP contribution in [0.1, 0.15) is 19.0 Å². The van der Waals surface area contributed by atoms with Gasteiger partial charge < -0.3 is 25.0 Å². The van der Waals surface area contributed by atoms with E-state index in [0.717, 1.165) is 6.42 Å². The SMILES string of the molecule is CC1OCCC1N(C)C(=O)N[C@H](Cc1cnc[nH]1)C(=O)O. The van der Waals surface area contributed by atoms with Gasteiger partial charge in [0.15, 0.2) is 0 Å². The molecule has 2 amide bonds. The molecule has 1 aromatic rings. The average molecular weight is 296 g/mol. The lowest BCUT2D eigenvalue weighted by Gasteiger charge is -2.28. The minimum atomic E-state index is -1.08. The van der Waals surface area contributed by atoms with Crippen LogP contribution in [-0.4, -0.2) is 63.8 Å². The highest BCUT2D eigenvalue weighted by Crippen LogP contribution is 2.18. The number of rotatable bonds is 5. The third kappa shape index (κ3) is 3.72. The van der Waals surface area contributed by atoms with Gasteiger partial charge >= 0.3 is 12.0 Å². The highest BCUT2D eigenvalue weighted by atomic mass is 16.5. The Kier molecular flexibility index (Phi) is 4.79. The number of amides is 2. The van der Waals surface area contributed by atoms with Crippen molar-refractivity contribution < 1.29 is 19.4 Å². The normalized spacial score (nSPS) is 22.8. The second-order valence-electron chi connectivity index (χ2n) is 5.16. The van der Waals surface area contributed by atoms with Crippen molar-refractivity contribution in [2.24, 2.45) is 0 Å². The summed E-state index contributed by atoms with van der Waals surface area (Å²) in [5.74, 6) is -1.08. The number of imidazole rings is 1. The predicted octanol–water partition coefficient (Wildman–Crippen LogP) is 0.224. The molecule has 8 heteroatoms. The number of ether oxygens (including phenoxy) is 1. The first-order valence-electron chi connectivity index (χ1n) is 6.84. The number of hydrogen-bond donors (Lipinski definition) is 3. The number of carboxylic acid groups (broad SMARTS) is 1. The van der Waals surface area contributed by atoms with E-state index in [0.29, 0.717) is 12.3 Å². The number of hydrogen-bond acceptors (Lipinski definition) is 4. The predicted molar refractivity (Wildman–Crippen MR) is 73.8 cm³/mol. The third-order valence-electron chi connectivity index (χ3n) is 3.73. The molecule has 3 N–H and O–H groups in total. The fraction of sp³-hybridized carbons (Fsp3) is 0.615. The molecule has 3 atom stereocenters. The van der Waals surface area contributed by atoms with Crippen molar-refractivity contribution in [2.45, 2.75) is 38.0 Å². The van der Waals surface area contributed by atoms with E-state index in [1.807, 2.05) is 6.92 Å². The standard InChI is InChI=1S/C13H20N4O4/c1-8-11(3-4-21-8)17(2)13(20)16-10(12(18)19)5-9-6-14-7-15-9/h6-8,10-11H,3-5H2,1-2H3,(H,14,15)(H,16,20)(H,18,19)/t8?,10-,11?/m1/s1. The van der Waals surface area contributed by atoms with Crippen LogP contribution in [0.25, 0.3) is 0 Å². The molecule has 1 saturated heterocycles. The van der Waals surface area contributed by atoms with Crippen LogP contribution < -0.4 is 5.32 Å². The molecule has 0 bridgehead atoms. The van der Waals surface area contributed by atoms with Gasteiger partial charge in [0, 0.05) is 32.0 Å². The quantitative estimate of drug-likeness (QED) is 0.720. The summed E-state index contributed by atoms with van der Waals surface area (Å²) in [5.41, 5.74) is 0.655. The van der Waals surface area contributed by atoms with Gasteiger partial charge in [0.2, 0.25) is 0 Å². The molecule has 116 valence electrons. The minimum absolute atomic E-state index is 0.0356. The molecule has 0 saturated carbocycles. The maximum atomic E-state index is 12.2. The Bertz CT molecular complexity index is 490. The number of nitrogens with zero attached hydrogens (tertiary/aromatic N) is 2. The number of urea groups is 1. The van der Waals surface area contributed by atoms with Crippen molar-refractivity contribution in [3.63, 3.8) is 0 Å². The van der Waals surface area contributed by atoms with E-state index in [1.54, 1.807) is 13.2 Å². The molecule has 2 unspecified atom stereocenters. The monoisotopic (exact) mass is 296 g/mol. The summed E-state index contributed by atoms with van der Waals surface area (Å²) < 4.78 is 5.42. The maximum Gasteiger partial charge on any atom is 0.326 e. The number of aromatic nitrogens is 2. The number of H-pyrrole nitrogens is 1. The molecular formula is C13H20N4O4. The lowest BCUT2D eigenvalue weighted by molar-refractivity contribution is -0.139. The summed E-state index contributed by atoms with van der Waals surface area (Å²) in [7, 11) is 1.65. The van der Waals surface area contributed by atoms with Gasteiger partial charge in [-0.1, -0.05) is 0 Å². The summed E-state index contributed by atoms with van der Waals surface area (Å²) in [6, 6.07) is -1.45. The smallest absolute Gasteiger partial charge is 0.326 e. The van der Waals surface area contributed by atoms with E-state index in [1.165, 1.54) is 11.2 Å². The third-order valence-corrected chi connectivity index (χ3v) is 3.73. The van der Waals surface area contributed by atoms with Crippen molar-refractivity contribution in [2.75, 3.05) is 13.7 Å². The van der Waals surface area contributed by atoms with E-state index in [9.17, 15) is 14.7 Å². The van der Waals surface area contributed by atoms with Gasteiger partial charge in [-0.25, -0.2) is 14.6 Å². The Hall–Kier alpha value is -2.09. The van der Waals surface area contributed by atoms with Crippen LogP contribution in [0.4, 0.5) is 4.79 Å². The Morgan fingerprint density at radius 3 is 2.95 bits per heavy atom. The number of likely N-dealkylation sites (N-methyl/N-ethyl adjacent to an activating group) is 1. The molecule has 8 nitrogen and oxygen atoms in total. The van der Waals surface area contributed by atoms with Crippen molar-refractivity contribution in [3.05, 3.63) is 18.2 Å². The summed E-state index contributed by atoms with van der Waals surface area (Å²) in [4.78, 5) is 31.6. The van der Waals surface area contributed by atoms with E-state index in [2.05, 4.69) is 15.3 Å². The van der Waals surface area contributed by atoms with Crippen molar-refractivity contribution >= 4 is 12.0 Å². The number of aromatic amines is 1. The van der Waals surface area contributed by atoms with E-state index in [-0.39, 0.29) is 18.6 Å². The van der Waals surface area contributed by atoms with E-state index >= 15 is 0 Å². The maximum absolute atomic E-state index is 12.2. The first kappa shape index (κ1) is 15.3. The van der Waals surface area contributed by atoms with Crippen molar-refractivity contribution in [1.82, 2.24) is 20.2 Å². The number of nitrogens with one attached hydrogen (secondary N) is 2. The summed E-state index contributed by atoms with van der Waals surface area (Å²) in [5, 5.41) is 11.8. The number of carbonyl (C=O) groups is 2. The topological polar surface area (TPSA) is 108 Å². The zero-order valence-electron chi connectivity index (χ0n) is 12.1. The summed E-state index contributed by atoms with van der Waals surface area (Å²) in [6.07, 6.45) is 3.88. The van der Waals surface area contributed by atoms with Gasteiger partial charge in [-0.3, -0.25) is 0 Å². The van der Waals surface area contributed by atoms with Crippen molar-refractivity contribution in [1.29, 1.82) is 0 Å². The molecule has 0 aliphatic carbocycles. The Labute approximate surface area is 122 Å². The summed E-state index contributed by atoms with van der Waals surface area (Å²) in [6.45, 7) is 2.51. The fourth-order valence-electron chi connectivity index (χ4n) is 2.45. The van der Waals surface area contributed by atoms with Crippen LogP contribution in [0.3, 0.4) is 0 Å². The highest BCUT2D eigenvalue weighted by Gasteiger charge is 2.32. The number of aliphatic carboxylic acids is 1. The molecule has 1 aliphatic rings.